The molecule has 7 nitrogen and oxygen atoms in total. The summed E-state index contributed by atoms with van der Waals surface area (Å²) in [4.78, 5) is 29.3. The zero-order chi connectivity index (χ0) is 18.1. The summed E-state index contributed by atoms with van der Waals surface area (Å²) in [7, 11) is 0. The van der Waals surface area contributed by atoms with Gasteiger partial charge in [-0.2, -0.15) is 9.06 Å². The van der Waals surface area contributed by atoms with Crippen molar-refractivity contribution in [3.63, 3.8) is 0 Å². The molecule has 26 heavy (non-hydrogen) atoms. The van der Waals surface area contributed by atoms with E-state index < -0.39 is 6.03 Å². The first-order valence-corrected chi connectivity index (χ1v) is 8.75. The van der Waals surface area contributed by atoms with Crippen LogP contribution in [-0.4, -0.2) is 24.8 Å². The standard InChI is InChI=1S/C18H15N5O2S/c1-12-5-2-3-7-15(12)22-11-13(10-21-22)9-20-18(25)23-17(24)14-6-4-8-19-16(14)26-23/h2-8,10-11H,9H2,1H3,(H,20,25). The molecule has 4 aromatic rings. The molecule has 3 aromatic heterocycles. The molecular weight excluding hydrogens is 350 g/mol. The van der Waals surface area contributed by atoms with Crippen LogP contribution >= 0.6 is 11.5 Å². The average Bonchev–Trinajstić information content (AvgIpc) is 3.25. The minimum atomic E-state index is -0.471. The van der Waals surface area contributed by atoms with Crippen LogP contribution in [0.15, 0.2) is 59.8 Å². The largest absolute Gasteiger partial charge is 0.338 e. The van der Waals surface area contributed by atoms with Gasteiger partial charge in [0.25, 0.3) is 5.56 Å². The normalized spacial score (nSPS) is 11.0. The van der Waals surface area contributed by atoms with Crippen LogP contribution in [0, 0.1) is 6.92 Å². The van der Waals surface area contributed by atoms with E-state index in [0.717, 1.165) is 32.3 Å². The summed E-state index contributed by atoms with van der Waals surface area (Å²) >= 11 is 1.03. The quantitative estimate of drug-likeness (QED) is 0.605. The Kier molecular flexibility index (Phi) is 4.10. The summed E-state index contributed by atoms with van der Waals surface area (Å²) in [5.74, 6) is 0. The number of aryl methyl sites for hydroxylation is 1. The first kappa shape index (κ1) is 16.2. The van der Waals surface area contributed by atoms with Crippen molar-refractivity contribution in [2.75, 3.05) is 0 Å². The smallest absolute Gasteiger partial charge is 0.332 e. The van der Waals surface area contributed by atoms with Crippen LogP contribution in [-0.2, 0) is 6.54 Å². The number of carbonyl (C=O) groups is 1. The van der Waals surface area contributed by atoms with Crippen LogP contribution in [0.25, 0.3) is 15.9 Å². The fourth-order valence-corrected chi connectivity index (χ4v) is 3.51. The number of aromatic nitrogens is 4. The molecule has 0 aliphatic carbocycles. The minimum absolute atomic E-state index is 0.277. The van der Waals surface area contributed by atoms with Gasteiger partial charge in [-0.05, 0) is 42.2 Å². The fourth-order valence-electron chi connectivity index (χ4n) is 2.65. The van der Waals surface area contributed by atoms with Crippen molar-refractivity contribution < 1.29 is 4.79 Å². The molecule has 0 saturated carbocycles. The summed E-state index contributed by atoms with van der Waals surface area (Å²) in [6.45, 7) is 2.29. The molecule has 0 bridgehead atoms. The highest BCUT2D eigenvalue weighted by atomic mass is 32.1. The van der Waals surface area contributed by atoms with Gasteiger partial charge in [0.2, 0.25) is 0 Å². The van der Waals surface area contributed by atoms with Crippen molar-refractivity contribution in [3.05, 3.63) is 76.5 Å². The van der Waals surface area contributed by atoms with Crippen molar-refractivity contribution >= 4 is 27.8 Å². The van der Waals surface area contributed by atoms with E-state index in [2.05, 4.69) is 15.4 Å². The molecule has 1 amide bonds. The molecule has 0 fully saturated rings. The van der Waals surface area contributed by atoms with Gasteiger partial charge in [-0.3, -0.25) is 4.79 Å². The second-order valence-electron chi connectivity index (χ2n) is 5.79. The molecule has 0 radical (unpaired) electrons. The second-order valence-corrected chi connectivity index (χ2v) is 6.72. The van der Waals surface area contributed by atoms with Crippen LogP contribution in [0.3, 0.4) is 0 Å². The van der Waals surface area contributed by atoms with Gasteiger partial charge in [0.1, 0.15) is 4.83 Å². The van der Waals surface area contributed by atoms with Gasteiger partial charge in [-0.15, -0.1) is 0 Å². The lowest BCUT2D eigenvalue weighted by molar-refractivity contribution is 0.243. The van der Waals surface area contributed by atoms with Crippen molar-refractivity contribution in [2.24, 2.45) is 0 Å². The molecule has 0 unspecified atom stereocenters. The van der Waals surface area contributed by atoms with Crippen LogP contribution in [0.1, 0.15) is 11.1 Å². The van der Waals surface area contributed by atoms with Gasteiger partial charge in [-0.1, -0.05) is 18.2 Å². The number of rotatable bonds is 3. The second kappa shape index (κ2) is 6.57. The van der Waals surface area contributed by atoms with Gasteiger partial charge in [0.05, 0.1) is 17.3 Å². The van der Waals surface area contributed by atoms with E-state index in [1.54, 1.807) is 29.2 Å². The summed E-state index contributed by atoms with van der Waals surface area (Å²) in [6, 6.07) is 10.8. The molecule has 0 aliphatic heterocycles. The molecule has 1 N–H and O–H groups in total. The van der Waals surface area contributed by atoms with E-state index in [-0.39, 0.29) is 12.1 Å². The molecule has 0 saturated heterocycles. The number of benzene rings is 1. The molecule has 3 heterocycles. The first-order valence-electron chi connectivity index (χ1n) is 7.98. The number of pyridine rings is 1. The Morgan fingerprint density at radius 2 is 2.08 bits per heavy atom. The monoisotopic (exact) mass is 365 g/mol. The van der Waals surface area contributed by atoms with E-state index in [1.165, 1.54) is 0 Å². The van der Waals surface area contributed by atoms with Crippen LogP contribution in [0.5, 0.6) is 0 Å². The lowest BCUT2D eigenvalue weighted by atomic mass is 10.2. The number of hydrogen-bond acceptors (Lipinski definition) is 5. The Hall–Kier alpha value is -3.26. The highest BCUT2D eigenvalue weighted by Crippen LogP contribution is 2.14. The first-order chi connectivity index (χ1) is 12.6. The predicted molar refractivity (Wildman–Crippen MR) is 99.8 cm³/mol. The molecule has 0 spiro atoms. The number of hydrogen-bond donors (Lipinski definition) is 1. The number of nitrogens with zero attached hydrogens (tertiary/aromatic N) is 4. The van der Waals surface area contributed by atoms with Gasteiger partial charge in [0, 0.05) is 24.5 Å². The topological polar surface area (TPSA) is 81.8 Å². The molecule has 0 atom stereocenters. The Morgan fingerprint density at radius 3 is 2.88 bits per heavy atom. The van der Waals surface area contributed by atoms with E-state index in [9.17, 15) is 9.59 Å². The SMILES string of the molecule is Cc1ccccc1-n1cc(CNC(=O)n2sc3ncccc3c2=O)cn1. The van der Waals surface area contributed by atoms with Crippen molar-refractivity contribution in [2.45, 2.75) is 13.5 Å². The Labute approximate surface area is 152 Å². The average molecular weight is 365 g/mol. The molecule has 0 aliphatic rings. The number of nitrogens with one attached hydrogen (secondary N) is 1. The number of carbonyl (C=O) groups excluding carboxylic acids is 1. The molecule has 130 valence electrons. The lowest BCUT2D eigenvalue weighted by Crippen LogP contribution is -2.32. The zero-order valence-electron chi connectivity index (χ0n) is 13.9. The van der Waals surface area contributed by atoms with Crippen molar-refractivity contribution in [1.29, 1.82) is 0 Å². The predicted octanol–water partition coefficient (Wildman–Crippen LogP) is 2.71. The minimum Gasteiger partial charge on any atom is -0.332 e. The highest BCUT2D eigenvalue weighted by Gasteiger charge is 2.14. The molecular formula is C18H15N5O2S. The third-order valence-electron chi connectivity index (χ3n) is 3.99. The van der Waals surface area contributed by atoms with Gasteiger partial charge < -0.3 is 5.32 Å². The third-order valence-corrected chi connectivity index (χ3v) is 5.00. The van der Waals surface area contributed by atoms with Gasteiger partial charge in [-0.25, -0.2) is 14.5 Å². The van der Waals surface area contributed by atoms with E-state index >= 15 is 0 Å². The van der Waals surface area contributed by atoms with Crippen LogP contribution in [0.4, 0.5) is 4.79 Å². The third kappa shape index (κ3) is 2.91. The Balaban J connectivity index is 1.51. The number of amides is 1. The number of fused-ring (bicyclic) bond motifs is 1. The Bertz CT molecular complexity index is 1160. The maximum Gasteiger partial charge on any atom is 0.338 e. The van der Waals surface area contributed by atoms with Crippen LogP contribution < -0.4 is 10.9 Å². The summed E-state index contributed by atoms with van der Waals surface area (Å²) in [5, 5.41) is 7.53. The van der Waals surface area contributed by atoms with E-state index in [1.807, 2.05) is 37.4 Å². The van der Waals surface area contributed by atoms with Crippen molar-refractivity contribution in [3.8, 4) is 5.69 Å². The zero-order valence-corrected chi connectivity index (χ0v) is 14.7. The maximum atomic E-state index is 12.3. The van der Waals surface area contributed by atoms with Crippen LogP contribution in [0.2, 0.25) is 0 Å². The summed E-state index contributed by atoms with van der Waals surface area (Å²) in [5.41, 5.74) is 2.58. The molecule has 8 heteroatoms. The fraction of sp³-hybridized carbons (Fsp3) is 0.111. The number of para-hydroxylation sites is 1. The van der Waals surface area contributed by atoms with E-state index in [0.29, 0.717) is 10.2 Å². The van der Waals surface area contributed by atoms with E-state index in [4.69, 9.17) is 0 Å². The maximum absolute atomic E-state index is 12.3. The highest BCUT2D eigenvalue weighted by molar-refractivity contribution is 7.14. The summed E-state index contributed by atoms with van der Waals surface area (Å²) < 4.78 is 2.86. The van der Waals surface area contributed by atoms with Crippen molar-refractivity contribution in [1.82, 2.24) is 24.0 Å². The molecule has 4 rings (SSSR count). The lowest BCUT2D eigenvalue weighted by Gasteiger charge is -2.04. The van der Waals surface area contributed by atoms with Gasteiger partial charge >= 0.3 is 6.03 Å². The molecule has 1 aromatic carbocycles. The Morgan fingerprint density at radius 1 is 1.23 bits per heavy atom. The summed E-state index contributed by atoms with van der Waals surface area (Å²) in [6.07, 6.45) is 5.15. The van der Waals surface area contributed by atoms with Gasteiger partial charge in [0.15, 0.2) is 0 Å².